The molecule has 230 valence electrons. The van der Waals surface area contributed by atoms with Gasteiger partial charge in [-0.1, -0.05) is 90.8 Å². The van der Waals surface area contributed by atoms with Gasteiger partial charge >= 0.3 is 0 Å². The molecule has 5 unspecified atom stereocenters. The molecule has 0 aromatic heterocycles. The number of ether oxygens (including phenoxy) is 5. The molecule has 0 bridgehead atoms. The highest BCUT2D eigenvalue weighted by Gasteiger charge is 2.51. The second kappa shape index (κ2) is 13.0. The topological polar surface area (TPSA) is 104 Å². The minimum atomic E-state index is -2.26. The number of hydrogen-bond donors (Lipinski definition) is 0. The summed E-state index contributed by atoms with van der Waals surface area (Å²) in [6.07, 6.45) is -1.91. The Morgan fingerprint density at radius 1 is 0.976 bits per heavy atom. The van der Waals surface area contributed by atoms with E-state index in [0.29, 0.717) is 19.1 Å². The first-order chi connectivity index (χ1) is 19.3. The van der Waals surface area contributed by atoms with Crippen molar-refractivity contribution in [2.75, 3.05) is 13.2 Å². The van der Waals surface area contributed by atoms with Crippen LogP contribution >= 0.6 is 0 Å². The van der Waals surface area contributed by atoms with Gasteiger partial charge < -0.3 is 28.1 Å². The van der Waals surface area contributed by atoms with Crippen LogP contribution in [0.25, 0.3) is 10.4 Å². The molecule has 11 atom stereocenters. The molecule has 0 amide bonds. The molecule has 0 saturated carbocycles. The van der Waals surface area contributed by atoms with E-state index in [2.05, 4.69) is 78.5 Å². The van der Waals surface area contributed by atoms with E-state index < -0.39 is 26.9 Å². The lowest BCUT2D eigenvalue weighted by atomic mass is 9.82. The van der Waals surface area contributed by atoms with Crippen molar-refractivity contribution in [2.24, 2.45) is 34.7 Å². The molecule has 3 heterocycles. The molecule has 3 aliphatic heterocycles. The maximum atomic E-state index is 9.35. The van der Waals surface area contributed by atoms with Gasteiger partial charge in [0, 0.05) is 16.4 Å². The first kappa shape index (κ1) is 32.4. The molecule has 41 heavy (non-hydrogen) atoms. The number of fused-ring (bicyclic) bond motifs is 1. The average molecular weight is 590 g/mol. The van der Waals surface area contributed by atoms with Crippen molar-refractivity contribution < 1.29 is 28.1 Å². The Bertz CT molecular complexity index is 1050. The van der Waals surface area contributed by atoms with Crippen LogP contribution in [0.5, 0.6) is 0 Å². The van der Waals surface area contributed by atoms with Crippen molar-refractivity contribution in [1.29, 1.82) is 0 Å². The van der Waals surface area contributed by atoms with Crippen LogP contribution in [0.4, 0.5) is 0 Å². The number of rotatable bonds is 9. The van der Waals surface area contributed by atoms with Crippen LogP contribution in [0, 0.1) is 29.6 Å². The largest absolute Gasteiger partial charge is 0.392 e. The molecule has 0 spiro atoms. The van der Waals surface area contributed by atoms with Gasteiger partial charge in [-0.3, -0.25) is 0 Å². The summed E-state index contributed by atoms with van der Waals surface area (Å²) >= 11 is 0. The molecule has 1 aromatic rings. The molecule has 3 fully saturated rings. The SMILES string of the molecule is CC1[C@H](OCC2O[C@@H](O[Si](C)(C)C(C)(C)C(C)C)C(N=[N+]=[N-])[C@@H](C)[C@@H]2C)OC2COC(c3ccccc3)O[C@H]2[C@@H]1C. The average Bonchev–Trinajstić information content (AvgIpc) is 2.94. The van der Waals surface area contributed by atoms with Gasteiger partial charge in [0.1, 0.15) is 6.10 Å². The molecule has 4 rings (SSSR count). The number of benzene rings is 1. The highest BCUT2D eigenvalue weighted by Crippen LogP contribution is 2.47. The Labute approximate surface area is 247 Å². The fourth-order valence-electron chi connectivity index (χ4n) is 6.05. The number of hydrogen-bond acceptors (Lipinski definition) is 7. The van der Waals surface area contributed by atoms with Gasteiger partial charge in [-0.15, -0.1) is 0 Å². The van der Waals surface area contributed by atoms with E-state index in [1.54, 1.807) is 0 Å². The third-order valence-corrected chi connectivity index (χ3v) is 15.3. The Balaban J connectivity index is 1.42. The van der Waals surface area contributed by atoms with Crippen LogP contribution in [0.3, 0.4) is 0 Å². The van der Waals surface area contributed by atoms with Crippen molar-refractivity contribution in [3.63, 3.8) is 0 Å². The molecule has 3 aliphatic rings. The molecular formula is C31H51N3O6Si. The van der Waals surface area contributed by atoms with Gasteiger partial charge in [-0.2, -0.15) is 0 Å². The monoisotopic (exact) mass is 589 g/mol. The zero-order valence-electron chi connectivity index (χ0n) is 26.5. The summed E-state index contributed by atoms with van der Waals surface area (Å²) in [4.78, 5) is 3.15. The summed E-state index contributed by atoms with van der Waals surface area (Å²) in [6.45, 7) is 22.8. The summed E-state index contributed by atoms with van der Waals surface area (Å²) in [7, 11) is -2.26. The van der Waals surface area contributed by atoms with E-state index in [1.807, 2.05) is 30.3 Å². The normalized spacial score (nSPS) is 38.3. The first-order valence-corrected chi connectivity index (χ1v) is 18.2. The first-order valence-electron chi connectivity index (χ1n) is 15.2. The molecule has 0 N–H and O–H groups in total. The molecule has 0 aliphatic carbocycles. The molecular weight excluding hydrogens is 538 g/mol. The van der Waals surface area contributed by atoms with Crippen molar-refractivity contribution in [3.05, 3.63) is 46.3 Å². The van der Waals surface area contributed by atoms with Crippen molar-refractivity contribution in [1.82, 2.24) is 0 Å². The van der Waals surface area contributed by atoms with Crippen LogP contribution in [0.1, 0.15) is 67.2 Å². The second-order valence-corrected chi connectivity index (χ2v) is 18.3. The summed E-state index contributed by atoms with van der Waals surface area (Å²) in [5, 5.41) is 4.14. The summed E-state index contributed by atoms with van der Waals surface area (Å²) in [5.41, 5.74) is 10.4. The molecule has 10 heteroatoms. The predicted molar refractivity (Wildman–Crippen MR) is 160 cm³/mol. The lowest BCUT2D eigenvalue weighted by Crippen LogP contribution is -2.58. The van der Waals surface area contributed by atoms with Gasteiger partial charge in [-0.05, 0) is 47.3 Å². The summed E-state index contributed by atoms with van der Waals surface area (Å²) < 4.78 is 38.7. The highest BCUT2D eigenvalue weighted by atomic mass is 28.4. The fourth-order valence-corrected chi connectivity index (χ4v) is 8.52. The molecule has 1 aromatic carbocycles. The van der Waals surface area contributed by atoms with E-state index >= 15 is 0 Å². The molecule has 9 nitrogen and oxygen atoms in total. The maximum Gasteiger partial charge on any atom is 0.196 e. The lowest BCUT2D eigenvalue weighted by Gasteiger charge is -2.50. The smallest absolute Gasteiger partial charge is 0.196 e. The Hall–Kier alpha value is -1.49. The van der Waals surface area contributed by atoms with E-state index in [1.165, 1.54) is 0 Å². The zero-order chi connectivity index (χ0) is 30.1. The minimum absolute atomic E-state index is 0.00271. The third-order valence-electron chi connectivity index (χ3n) is 10.8. The van der Waals surface area contributed by atoms with Crippen LogP contribution in [-0.4, -0.2) is 58.5 Å². The van der Waals surface area contributed by atoms with E-state index in [0.717, 1.165) is 5.56 Å². The van der Waals surface area contributed by atoms with Gasteiger partial charge in [0.2, 0.25) is 0 Å². The number of nitrogens with zero attached hydrogens (tertiary/aromatic N) is 3. The standard InChI is InChI=1S/C31H51N3O6Si/c1-18(2)31(7,8)41(9,10)40-30-26(33-34-32)20(4)19(3)24(37-30)16-35-28-22(6)21(5)27-25(38-28)17-36-29(39-27)23-14-12-11-13-15-23/h11-15,18-22,24-30H,16-17H2,1-10H3/t19-,20-,21+,22?,24?,25?,26?,27-,28+,29?,30-/m0/s1. The molecule has 3 saturated heterocycles. The highest BCUT2D eigenvalue weighted by molar-refractivity contribution is 6.74. The van der Waals surface area contributed by atoms with Crippen LogP contribution in [0.15, 0.2) is 35.4 Å². The zero-order valence-corrected chi connectivity index (χ0v) is 27.5. The van der Waals surface area contributed by atoms with Crippen molar-refractivity contribution in [2.45, 2.75) is 117 Å². The Morgan fingerprint density at radius 2 is 1.66 bits per heavy atom. The number of azide groups is 1. The van der Waals surface area contributed by atoms with Crippen LogP contribution < -0.4 is 0 Å². The van der Waals surface area contributed by atoms with E-state index in [-0.39, 0.29) is 53.3 Å². The quantitative estimate of drug-likeness (QED) is 0.128. The summed E-state index contributed by atoms with van der Waals surface area (Å²) in [6, 6.07) is 9.63. The van der Waals surface area contributed by atoms with Crippen molar-refractivity contribution in [3.8, 4) is 0 Å². The Morgan fingerprint density at radius 3 is 2.29 bits per heavy atom. The maximum absolute atomic E-state index is 9.35. The van der Waals surface area contributed by atoms with Gasteiger partial charge in [-0.25, -0.2) is 0 Å². The lowest BCUT2D eigenvalue weighted by molar-refractivity contribution is -0.347. The predicted octanol–water partition coefficient (Wildman–Crippen LogP) is 7.45. The van der Waals surface area contributed by atoms with Crippen LogP contribution in [0.2, 0.25) is 18.1 Å². The Kier molecular flexibility index (Phi) is 10.3. The van der Waals surface area contributed by atoms with Crippen molar-refractivity contribution >= 4 is 8.32 Å². The van der Waals surface area contributed by atoms with Crippen LogP contribution in [-0.2, 0) is 28.1 Å². The van der Waals surface area contributed by atoms with E-state index in [4.69, 9.17) is 28.1 Å². The third kappa shape index (κ3) is 6.70. The van der Waals surface area contributed by atoms with Gasteiger partial charge in [0.25, 0.3) is 0 Å². The van der Waals surface area contributed by atoms with E-state index in [9.17, 15) is 5.53 Å². The van der Waals surface area contributed by atoms with Gasteiger partial charge in [0.05, 0.1) is 31.5 Å². The minimum Gasteiger partial charge on any atom is -0.392 e. The molecule has 0 radical (unpaired) electrons. The fraction of sp³-hybridized carbons (Fsp3) is 0.806. The van der Waals surface area contributed by atoms with Gasteiger partial charge in [0.15, 0.2) is 27.2 Å². The second-order valence-electron chi connectivity index (χ2n) is 13.7. The summed E-state index contributed by atoms with van der Waals surface area (Å²) in [5.74, 6) is 0.933.